The van der Waals surface area contributed by atoms with Crippen LogP contribution in [0.15, 0.2) is 42.7 Å². The zero-order valence-corrected chi connectivity index (χ0v) is 12.4. The van der Waals surface area contributed by atoms with Gasteiger partial charge in [-0.15, -0.1) is 0 Å². The molecule has 0 spiro atoms. The first-order valence-corrected chi connectivity index (χ1v) is 6.94. The number of hydrogen-bond acceptors (Lipinski definition) is 4. The van der Waals surface area contributed by atoms with Crippen LogP contribution in [-0.2, 0) is 9.59 Å². The van der Waals surface area contributed by atoms with Gasteiger partial charge in [0.25, 0.3) is 0 Å². The van der Waals surface area contributed by atoms with Crippen LogP contribution in [0.2, 0.25) is 0 Å². The molecular weight excluding hydrogens is 294 g/mol. The number of rotatable bonds is 2. The fourth-order valence-electron chi connectivity index (χ4n) is 2.18. The van der Waals surface area contributed by atoms with Crippen LogP contribution in [-0.4, -0.2) is 21.8 Å². The lowest BCUT2D eigenvalue weighted by Crippen LogP contribution is -2.29. The average molecular weight is 309 g/mol. The Bertz CT molecular complexity index is 900. The van der Waals surface area contributed by atoms with Gasteiger partial charge < -0.3 is 21.4 Å². The summed E-state index contributed by atoms with van der Waals surface area (Å²) in [7, 11) is 0. The second-order valence-electron chi connectivity index (χ2n) is 5.13. The van der Waals surface area contributed by atoms with Crippen molar-refractivity contribution in [3.8, 4) is 0 Å². The van der Waals surface area contributed by atoms with Gasteiger partial charge in [-0.25, -0.2) is 4.98 Å². The third-order valence-corrected chi connectivity index (χ3v) is 3.34. The molecule has 0 radical (unpaired) electrons. The number of anilines is 3. The molecule has 0 saturated carbocycles. The first kappa shape index (κ1) is 14.6. The molecule has 3 aromatic rings. The van der Waals surface area contributed by atoms with Crippen molar-refractivity contribution >= 4 is 39.9 Å². The predicted octanol–water partition coefficient (Wildman–Crippen LogP) is 2.03. The van der Waals surface area contributed by atoms with E-state index in [1.165, 1.54) is 0 Å². The van der Waals surface area contributed by atoms with Crippen molar-refractivity contribution in [2.75, 3.05) is 16.4 Å². The quantitative estimate of drug-likeness (QED) is 0.428. The Labute approximate surface area is 131 Å². The Morgan fingerprint density at radius 3 is 2.65 bits per heavy atom. The molecule has 0 atom stereocenters. The maximum atomic E-state index is 12.0. The SMILES string of the molecule is Cc1ccc(NC(=O)C(=O)Nc2ccc3nc[nH]c3c2)c(N)c1. The maximum Gasteiger partial charge on any atom is 0.314 e. The summed E-state index contributed by atoms with van der Waals surface area (Å²) in [6.45, 7) is 1.89. The highest BCUT2D eigenvalue weighted by Gasteiger charge is 2.15. The van der Waals surface area contributed by atoms with E-state index in [-0.39, 0.29) is 0 Å². The molecule has 2 aromatic carbocycles. The molecule has 0 aliphatic rings. The van der Waals surface area contributed by atoms with Gasteiger partial charge in [-0.05, 0) is 42.8 Å². The molecule has 0 saturated heterocycles. The van der Waals surface area contributed by atoms with E-state index in [1.54, 1.807) is 42.7 Å². The largest absolute Gasteiger partial charge is 0.397 e. The molecule has 0 unspecified atom stereocenters. The van der Waals surface area contributed by atoms with Gasteiger partial charge in [-0.1, -0.05) is 6.07 Å². The third-order valence-electron chi connectivity index (χ3n) is 3.34. The fourth-order valence-corrected chi connectivity index (χ4v) is 2.18. The summed E-state index contributed by atoms with van der Waals surface area (Å²) in [4.78, 5) is 31.0. The molecule has 5 N–H and O–H groups in total. The Hall–Kier alpha value is -3.35. The molecule has 1 heterocycles. The first-order valence-electron chi connectivity index (χ1n) is 6.94. The summed E-state index contributed by atoms with van der Waals surface area (Å²) in [6.07, 6.45) is 1.56. The zero-order valence-electron chi connectivity index (χ0n) is 12.4. The number of benzene rings is 2. The number of carbonyl (C=O) groups is 2. The number of aromatic nitrogens is 2. The third kappa shape index (κ3) is 3.13. The fraction of sp³-hybridized carbons (Fsp3) is 0.0625. The maximum absolute atomic E-state index is 12.0. The van der Waals surface area contributed by atoms with Gasteiger partial charge in [0, 0.05) is 5.69 Å². The average Bonchev–Trinajstić information content (AvgIpc) is 2.97. The van der Waals surface area contributed by atoms with E-state index in [9.17, 15) is 9.59 Å². The summed E-state index contributed by atoms with van der Waals surface area (Å²) in [5.74, 6) is -1.56. The van der Waals surface area contributed by atoms with E-state index in [0.29, 0.717) is 17.1 Å². The number of nitrogen functional groups attached to an aromatic ring is 1. The molecule has 7 heteroatoms. The van der Waals surface area contributed by atoms with Crippen molar-refractivity contribution in [1.82, 2.24) is 9.97 Å². The van der Waals surface area contributed by atoms with Crippen molar-refractivity contribution in [2.24, 2.45) is 0 Å². The smallest absolute Gasteiger partial charge is 0.314 e. The summed E-state index contributed by atoms with van der Waals surface area (Å²) in [5.41, 5.74) is 9.64. The van der Waals surface area contributed by atoms with Gasteiger partial charge in [0.15, 0.2) is 0 Å². The molecular formula is C16H15N5O2. The van der Waals surface area contributed by atoms with Crippen LogP contribution in [0.3, 0.4) is 0 Å². The number of imidazole rings is 1. The van der Waals surface area contributed by atoms with Crippen LogP contribution < -0.4 is 16.4 Å². The lowest BCUT2D eigenvalue weighted by atomic mass is 10.2. The topological polar surface area (TPSA) is 113 Å². The number of carbonyl (C=O) groups excluding carboxylic acids is 2. The van der Waals surface area contributed by atoms with E-state index in [2.05, 4.69) is 20.6 Å². The van der Waals surface area contributed by atoms with Gasteiger partial charge in [0.05, 0.1) is 28.7 Å². The van der Waals surface area contributed by atoms with Crippen molar-refractivity contribution in [3.05, 3.63) is 48.3 Å². The van der Waals surface area contributed by atoms with Crippen LogP contribution in [0.1, 0.15) is 5.56 Å². The summed E-state index contributed by atoms with van der Waals surface area (Å²) in [6, 6.07) is 10.3. The number of nitrogens with two attached hydrogens (primary N) is 1. The minimum Gasteiger partial charge on any atom is -0.397 e. The Kier molecular flexibility index (Phi) is 3.68. The summed E-state index contributed by atoms with van der Waals surface area (Å²) >= 11 is 0. The number of aromatic amines is 1. The molecule has 2 amide bonds. The highest BCUT2D eigenvalue weighted by Crippen LogP contribution is 2.20. The second kappa shape index (κ2) is 5.80. The van der Waals surface area contributed by atoms with Gasteiger partial charge >= 0.3 is 11.8 Å². The number of fused-ring (bicyclic) bond motifs is 1. The van der Waals surface area contributed by atoms with Crippen LogP contribution in [0, 0.1) is 6.92 Å². The lowest BCUT2D eigenvalue weighted by molar-refractivity contribution is -0.132. The minimum absolute atomic E-state index is 0.403. The number of nitrogens with one attached hydrogen (secondary N) is 3. The lowest BCUT2D eigenvalue weighted by Gasteiger charge is -2.09. The van der Waals surface area contributed by atoms with E-state index in [4.69, 9.17) is 5.73 Å². The molecule has 0 bridgehead atoms. The van der Waals surface area contributed by atoms with Gasteiger partial charge in [0.2, 0.25) is 0 Å². The molecule has 0 aliphatic heterocycles. The minimum atomic E-state index is -0.787. The molecule has 1 aromatic heterocycles. The molecule has 7 nitrogen and oxygen atoms in total. The molecule has 0 aliphatic carbocycles. The number of nitrogens with zero attached hydrogens (tertiary/aromatic N) is 1. The van der Waals surface area contributed by atoms with Gasteiger partial charge in [-0.2, -0.15) is 0 Å². The summed E-state index contributed by atoms with van der Waals surface area (Å²) in [5, 5.41) is 5.03. The van der Waals surface area contributed by atoms with E-state index >= 15 is 0 Å². The van der Waals surface area contributed by atoms with Gasteiger partial charge in [-0.3, -0.25) is 9.59 Å². The van der Waals surface area contributed by atoms with Crippen LogP contribution in [0.4, 0.5) is 17.1 Å². The molecule has 23 heavy (non-hydrogen) atoms. The monoisotopic (exact) mass is 309 g/mol. The molecule has 116 valence electrons. The molecule has 0 fully saturated rings. The number of H-pyrrole nitrogens is 1. The zero-order chi connectivity index (χ0) is 16.4. The van der Waals surface area contributed by atoms with Crippen LogP contribution >= 0.6 is 0 Å². The molecule has 3 rings (SSSR count). The highest BCUT2D eigenvalue weighted by atomic mass is 16.2. The standard InChI is InChI=1S/C16H15N5O2/c1-9-2-4-12(11(17)6-9)21-16(23)15(22)20-10-3-5-13-14(7-10)19-8-18-13/h2-8H,17H2,1H3,(H,18,19)(H,20,22)(H,21,23). The Morgan fingerprint density at radius 2 is 1.87 bits per heavy atom. The number of amides is 2. The van der Waals surface area contributed by atoms with Crippen LogP contribution in [0.25, 0.3) is 11.0 Å². The normalized spacial score (nSPS) is 10.5. The van der Waals surface area contributed by atoms with Crippen molar-refractivity contribution in [2.45, 2.75) is 6.92 Å². The van der Waals surface area contributed by atoms with Crippen molar-refractivity contribution in [3.63, 3.8) is 0 Å². The highest BCUT2D eigenvalue weighted by molar-refractivity contribution is 6.44. The number of hydrogen-bond donors (Lipinski definition) is 4. The predicted molar refractivity (Wildman–Crippen MR) is 88.9 cm³/mol. The van der Waals surface area contributed by atoms with E-state index in [0.717, 1.165) is 16.6 Å². The first-order chi connectivity index (χ1) is 11.0. The second-order valence-corrected chi connectivity index (χ2v) is 5.13. The van der Waals surface area contributed by atoms with Crippen molar-refractivity contribution < 1.29 is 9.59 Å². The van der Waals surface area contributed by atoms with E-state index in [1.807, 2.05) is 6.92 Å². The Balaban J connectivity index is 1.70. The Morgan fingerprint density at radius 1 is 1.09 bits per heavy atom. The van der Waals surface area contributed by atoms with Crippen molar-refractivity contribution in [1.29, 1.82) is 0 Å². The summed E-state index contributed by atoms with van der Waals surface area (Å²) < 4.78 is 0. The van der Waals surface area contributed by atoms with Crippen LogP contribution in [0.5, 0.6) is 0 Å². The van der Waals surface area contributed by atoms with E-state index < -0.39 is 11.8 Å². The van der Waals surface area contributed by atoms with Gasteiger partial charge in [0.1, 0.15) is 0 Å². The number of aryl methyl sites for hydroxylation is 1.